The van der Waals surface area contributed by atoms with Crippen LogP contribution >= 0.6 is 0 Å². The molecule has 0 radical (unpaired) electrons. The van der Waals surface area contributed by atoms with Gasteiger partial charge in [-0.15, -0.1) is 0 Å². The van der Waals surface area contributed by atoms with E-state index in [0.29, 0.717) is 17.4 Å². The van der Waals surface area contributed by atoms with Crippen molar-refractivity contribution >= 4 is 11.7 Å². The van der Waals surface area contributed by atoms with Crippen LogP contribution in [-0.4, -0.2) is 35.0 Å². The van der Waals surface area contributed by atoms with Crippen molar-refractivity contribution in [1.29, 1.82) is 0 Å². The lowest BCUT2D eigenvalue weighted by molar-refractivity contribution is -0.126. The quantitative estimate of drug-likeness (QED) is 0.781. The molecule has 1 amide bonds. The summed E-state index contributed by atoms with van der Waals surface area (Å²) < 4.78 is 13.5. The molecule has 1 aliphatic heterocycles. The average Bonchev–Trinajstić information content (AvgIpc) is 3.03. The average molecular weight is 397 g/mol. The summed E-state index contributed by atoms with van der Waals surface area (Å²) in [5.74, 6) is 1.37. The fraction of sp³-hybridized carbons (Fsp3) is 0.522. The lowest BCUT2D eigenvalue weighted by Gasteiger charge is -2.33. The number of rotatable bonds is 4. The summed E-state index contributed by atoms with van der Waals surface area (Å²) in [4.78, 5) is 23.8. The van der Waals surface area contributed by atoms with Crippen LogP contribution in [0.4, 0.5) is 10.2 Å². The minimum absolute atomic E-state index is 0.0824. The fourth-order valence-corrected chi connectivity index (χ4v) is 4.41. The molecule has 154 valence electrons. The first-order chi connectivity index (χ1) is 14.2. The summed E-state index contributed by atoms with van der Waals surface area (Å²) in [7, 11) is 0. The van der Waals surface area contributed by atoms with Crippen LogP contribution in [0.3, 0.4) is 0 Å². The molecule has 0 atom stereocenters. The third-order valence-corrected chi connectivity index (χ3v) is 6.11. The molecule has 0 unspecified atom stereocenters. The van der Waals surface area contributed by atoms with E-state index >= 15 is 0 Å². The Labute approximate surface area is 171 Å². The SMILES string of the molecule is O=C(NC1CCCCCC1)C1CCN(c2ccnc(-c3cccc(F)c3)n2)CC1. The van der Waals surface area contributed by atoms with Gasteiger partial charge < -0.3 is 10.2 Å². The number of hydrogen-bond donors (Lipinski definition) is 1. The molecule has 29 heavy (non-hydrogen) atoms. The second-order valence-corrected chi connectivity index (χ2v) is 8.21. The van der Waals surface area contributed by atoms with Gasteiger partial charge in [0, 0.05) is 36.8 Å². The van der Waals surface area contributed by atoms with Gasteiger partial charge in [-0.05, 0) is 43.9 Å². The van der Waals surface area contributed by atoms with Crippen LogP contribution in [0.2, 0.25) is 0 Å². The monoisotopic (exact) mass is 396 g/mol. The van der Waals surface area contributed by atoms with Crippen molar-refractivity contribution in [3.05, 3.63) is 42.3 Å². The second kappa shape index (κ2) is 9.33. The summed E-state index contributed by atoms with van der Waals surface area (Å²) in [6.45, 7) is 1.59. The van der Waals surface area contributed by atoms with Crippen molar-refractivity contribution in [2.45, 2.75) is 57.4 Å². The third kappa shape index (κ3) is 5.11. The van der Waals surface area contributed by atoms with E-state index in [1.807, 2.05) is 12.1 Å². The van der Waals surface area contributed by atoms with Gasteiger partial charge in [0.1, 0.15) is 11.6 Å². The number of nitrogens with zero attached hydrogens (tertiary/aromatic N) is 3. The van der Waals surface area contributed by atoms with Crippen molar-refractivity contribution in [3.8, 4) is 11.4 Å². The maximum Gasteiger partial charge on any atom is 0.223 e. The van der Waals surface area contributed by atoms with Gasteiger partial charge in [0.05, 0.1) is 0 Å². The molecule has 6 heteroatoms. The topological polar surface area (TPSA) is 58.1 Å². The number of carbonyl (C=O) groups is 1. The van der Waals surface area contributed by atoms with Gasteiger partial charge in [0.25, 0.3) is 0 Å². The molecule has 2 aromatic rings. The van der Waals surface area contributed by atoms with E-state index in [2.05, 4.69) is 20.2 Å². The van der Waals surface area contributed by atoms with Crippen molar-refractivity contribution in [2.24, 2.45) is 5.92 Å². The molecule has 1 saturated heterocycles. The number of benzene rings is 1. The molecule has 1 aliphatic carbocycles. The van der Waals surface area contributed by atoms with Crippen LogP contribution in [0.25, 0.3) is 11.4 Å². The van der Waals surface area contributed by atoms with Gasteiger partial charge >= 0.3 is 0 Å². The maximum atomic E-state index is 13.5. The summed E-state index contributed by atoms with van der Waals surface area (Å²) in [6.07, 6.45) is 10.7. The van der Waals surface area contributed by atoms with Crippen LogP contribution in [0.15, 0.2) is 36.5 Å². The van der Waals surface area contributed by atoms with Gasteiger partial charge in [0.2, 0.25) is 5.91 Å². The summed E-state index contributed by atoms with van der Waals surface area (Å²) in [5.41, 5.74) is 0.671. The van der Waals surface area contributed by atoms with Gasteiger partial charge in [0.15, 0.2) is 5.82 Å². The Morgan fingerprint density at radius 1 is 1.03 bits per heavy atom. The molecule has 1 aromatic carbocycles. The Morgan fingerprint density at radius 2 is 1.79 bits per heavy atom. The predicted octanol–water partition coefficient (Wildman–Crippen LogP) is 4.34. The van der Waals surface area contributed by atoms with Gasteiger partial charge in [-0.3, -0.25) is 4.79 Å². The summed E-state index contributed by atoms with van der Waals surface area (Å²) in [5, 5.41) is 3.30. The lowest BCUT2D eigenvalue weighted by Crippen LogP contribution is -2.44. The predicted molar refractivity (Wildman–Crippen MR) is 112 cm³/mol. The number of piperidine rings is 1. The zero-order valence-corrected chi connectivity index (χ0v) is 16.8. The number of anilines is 1. The molecule has 4 rings (SSSR count). The van der Waals surface area contributed by atoms with E-state index in [9.17, 15) is 9.18 Å². The number of hydrogen-bond acceptors (Lipinski definition) is 4. The Bertz CT molecular complexity index is 827. The van der Waals surface area contributed by atoms with Gasteiger partial charge in [-0.1, -0.05) is 37.8 Å². The van der Waals surface area contributed by atoms with E-state index in [0.717, 1.165) is 44.6 Å². The molecule has 0 bridgehead atoms. The van der Waals surface area contributed by atoms with Crippen LogP contribution in [0, 0.1) is 11.7 Å². The van der Waals surface area contributed by atoms with Gasteiger partial charge in [-0.25, -0.2) is 14.4 Å². The highest BCUT2D eigenvalue weighted by molar-refractivity contribution is 5.79. The lowest BCUT2D eigenvalue weighted by atomic mass is 9.95. The number of halogens is 1. The molecular weight excluding hydrogens is 367 g/mol. The van der Waals surface area contributed by atoms with E-state index in [1.54, 1.807) is 12.3 Å². The molecule has 0 spiro atoms. The standard InChI is InChI=1S/C23H29FN4O/c24-19-7-5-6-18(16-19)22-25-13-10-21(27-22)28-14-11-17(12-15-28)23(29)26-20-8-3-1-2-4-9-20/h5-7,10,13,16-17,20H,1-4,8-9,11-12,14-15H2,(H,26,29). The molecule has 1 aromatic heterocycles. The number of nitrogens with one attached hydrogen (secondary N) is 1. The van der Waals surface area contributed by atoms with Crippen molar-refractivity contribution in [1.82, 2.24) is 15.3 Å². The molecule has 2 heterocycles. The van der Waals surface area contributed by atoms with Crippen LogP contribution in [0.5, 0.6) is 0 Å². The van der Waals surface area contributed by atoms with Gasteiger partial charge in [-0.2, -0.15) is 0 Å². The molecule has 5 nitrogen and oxygen atoms in total. The van der Waals surface area contributed by atoms with Crippen LogP contribution in [-0.2, 0) is 4.79 Å². The number of amides is 1. The number of aromatic nitrogens is 2. The zero-order valence-electron chi connectivity index (χ0n) is 16.8. The second-order valence-electron chi connectivity index (χ2n) is 8.21. The highest BCUT2D eigenvalue weighted by atomic mass is 19.1. The maximum absolute atomic E-state index is 13.5. The highest BCUT2D eigenvalue weighted by Crippen LogP contribution is 2.25. The highest BCUT2D eigenvalue weighted by Gasteiger charge is 2.27. The molecule has 1 saturated carbocycles. The van der Waals surface area contributed by atoms with Crippen molar-refractivity contribution in [3.63, 3.8) is 0 Å². The van der Waals surface area contributed by atoms with Crippen LogP contribution in [0.1, 0.15) is 51.4 Å². The van der Waals surface area contributed by atoms with Crippen molar-refractivity contribution < 1.29 is 9.18 Å². The molecule has 1 N–H and O–H groups in total. The molecular formula is C23H29FN4O. The van der Waals surface area contributed by atoms with Crippen molar-refractivity contribution in [2.75, 3.05) is 18.0 Å². The van der Waals surface area contributed by atoms with E-state index < -0.39 is 0 Å². The Morgan fingerprint density at radius 3 is 2.52 bits per heavy atom. The Hall–Kier alpha value is -2.50. The fourth-order valence-electron chi connectivity index (χ4n) is 4.41. The Kier molecular flexibility index (Phi) is 6.37. The van der Waals surface area contributed by atoms with Crippen LogP contribution < -0.4 is 10.2 Å². The summed E-state index contributed by atoms with van der Waals surface area (Å²) in [6, 6.07) is 8.58. The first kappa shape index (κ1) is 19.8. The van der Waals surface area contributed by atoms with E-state index in [-0.39, 0.29) is 17.6 Å². The molecule has 2 aliphatic rings. The molecule has 2 fully saturated rings. The van der Waals surface area contributed by atoms with E-state index in [4.69, 9.17) is 0 Å². The van der Waals surface area contributed by atoms with E-state index in [1.165, 1.54) is 37.8 Å². The third-order valence-electron chi connectivity index (χ3n) is 6.11. The first-order valence-electron chi connectivity index (χ1n) is 10.8. The Balaban J connectivity index is 1.34. The minimum atomic E-state index is -0.294. The number of carbonyl (C=O) groups excluding carboxylic acids is 1. The summed E-state index contributed by atoms with van der Waals surface area (Å²) >= 11 is 0. The smallest absolute Gasteiger partial charge is 0.223 e. The largest absolute Gasteiger partial charge is 0.356 e. The zero-order chi connectivity index (χ0) is 20.1. The minimum Gasteiger partial charge on any atom is -0.356 e. The normalized spacial score (nSPS) is 19.0. The first-order valence-corrected chi connectivity index (χ1v) is 10.8.